The van der Waals surface area contributed by atoms with E-state index in [0.29, 0.717) is 11.8 Å². The number of hydrogen-bond acceptors (Lipinski definition) is 5. The molecule has 1 N–H and O–H groups in total. The molecule has 0 aromatic carbocycles. The van der Waals surface area contributed by atoms with Crippen molar-refractivity contribution in [3.05, 3.63) is 34.7 Å². The number of ether oxygens (including phenoxy) is 1. The standard InChI is InChI=1S/C12H15N3OS/c1-9(2)16-11-3-5-13-12(15-11)14-7-10-4-6-17-8-10/h3-6,8-9H,7H2,1-2H3,(H,13,14,15). The molecule has 0 saturated carbocycles. The maximum absolute atomic E-state index is 5.50. The van der Waals surface area contributed by atoms with Gasteiger partial charge in [0.05, 0.1) is 6.10 Å². The predicted octanol–water partition coefficient (Wildman–Crippen LogP) is 2.94. The van der Waals surface area contributed by atoms with Crippen molar-refractivity contribution in [1.29, 1.82) is 0 Å². The van der Waals surface area contributed by atoms with Crippen LogP contribution in [0.2, 0.25) is 0 Å². The Bertz CT molecular complexity index is 457. The molecule has 0 aliphatic heterocycles. The smallest absolute Gasteiger partial charge is 0.226 e. The van der Waals surface area contributed by atoms with Crippen LogP contribution in [0.1, 0.15) is 19.4 Å². The number of hydrogen-bond donors (Lipinski definition) is 1. The summed E-state index contributed by atoms with van der Waals surface area (Å²) in [6.45, 7) is 4.68. The van der Waals surface area contributed by atoms with Crippen LogP contribution < -0.4 is 10.1 Å². The topological polar surface area (TPSA) is 47.0 Å². The highest BCUT2D eigenvalue weighted by Crippen LogP contribution is 2.12. The lowest BCUT2D eigenvalue weighted by molar-refractivity contribution is 0.232. The van der Waals surface area contributed by atoms with Crippen LogP contribution in [0.15, 0.2) is 29.1 Å². The molecule has 2 aromatic heterocycles. The SMILES string of the molecule is CC(C)Oc1ccnc(NCc2ccsc2)n1. The molecule has 2 heterocycles. The molecule has 17 heavy (non-hydrogen) atoms. The van der Waals surface area contributed by atoms with Crippen molar-refractivity contribution in [1.82, 2.24) is 9.97 Å². The van der Waals surface area contributed by atoms with Crippen molar-refractivity contribution in [3.8, 4) is 5.88 Å². The van der Waals surface area contributed by atoms with E-state index in [1.165, 1.54) is 5.56 Å². The molecular weight excluding hydrogens is 234 g/mol. The van der Waals surface area contributed by atoms with Gasteiger partial charge in [0, 0.05) is 18.8 Å². The molecule has 2 rings (SSSR count). The molecule has 0 bridgehead atoms. The summed E-state index contributed by atoms with van der Waals surface area (Å²) < 4.78 is 5.50. The summed E-state index contributed by atoms with van der Waals surface area (Å²) in [6.07, 6.45) is 1.82. The first-order valence-electron chi connectivity index (χ1n) is 5.48. The Kier molecular flexibility index (Phi) is 3.93. The highest BCUT2D eigenvalue weighted by Gasteiger charge is 2.02. The second kappa shape index (κ2) is 5.63. The molecule has 5 heteroatoms. The number of nitrogens with zero attached hydrogens (tertiary/aromatic N) is 2. The molecular formula is C12H15N3OS. The summed E-state index contributed by atoms with van der Waals surface area (Å²) in [5.74, 6) is 1.19. The Balaban J connectivity index is 1.96. The van der Waals surface area contributed by atoms with E-state index in [2.05, 4.69) is 32.1 Å². The molecule has 0 unspecified atom stereocenters. The van der Waals surface area contributed by atoms with Gasteiger partial charge in [-0.1, -0.05) is 0 Å². The van der Waals surface area contributed by atoms with Crippen LogP contribution in [0.4, 0.5) is 5.95 Å². The Morgan fingerprint density at radius 1 is 1.41 bits per heavy atom. The average Bonchev–Trinajstić information content (AvgIpc) is 2.79. The van der Waals surface area contributed by atoms with E-state index in [4.69, 9.17) is 4.74 Å². The molecule has 0 aliphatic carbocycles. The van der Waals surface area contributed by atoms with Gasteiger partial charge >= 0.3 is 0 Å². The second-order valence-electron chi connectivity index (χ2n) is 3.87. The fourth-order valence-corrected chi connectivity index (χ4v) is 1.98. The van der Waals surface area contributed by atoms with Crippen molar-refractivity contribution in [2.75, 3.05) is 5.32 Å². The number of nitrogens with one attached hydrogen (secondary N) is 1. The van der Waals surface area contributed by atoms with Gasteiger partial charge in [0.15, 0.2) is 0 Å². The second-order valence-corrected chi connectivity index (χ2v) is 4.65. The van der Waals surface area contributed by atoms with Gasteiger partial charge < -0.3 is 10.1 Å². The van der Waals surface area contributed by atoms with E-state index in [-0.39, 0.29) is 6.10 Å². The number of aromatic nitrogens is 2. The van der Waals surface area contributed by atoms with Crippen LogP contribution in [0.5, 0.6) is 5.88 Å². The maximum atomic E-state index is 5.50. The molecule has 0 aliphatic rings. The van der Waals surface area contributed by atoms with E-state index in [1.807, 2.05) is 13.8 Å². The van der Waals surface area contributed by atoms with Gasteiger partial charge in [-0.25, -0.2) is 4.98 Å². The monoisotopic (exact) mass is 249 g/mol. The van der Waals surface area contributed by atoms with E-state index in [0.717, 1.165) is 6.54 Å². The molecule has 90 valence electrons. The zero-order valence-corrected chi connectivity index (χ0v) is 10.7. The van der Waals surface area contributed by atoms with E-state index in [9.17, 15) is 0 Å². The zero-order valence-electron chi connectivity index (χ0n) is 9.88. The Morgan fingerprint density at radius 2 is 2.29 bits per heavy atom. The first-order valence-corrected chi connectivity index (χ1v) is 6.43. The van der Waals surface area contributed by atoms with Crippen molar-refractivity contribution in [3.63, 3.8) is 0 Å². The highest BCUT2D eigenvalue weighted by molar-refractivity contribution is 7.07. The zero-order chi connectivity index (χ0) is 12.1. The lowest BCUT2D eigenvalue weighted by atomic mass is 10.3. The molecule has 0 spiro atoms. The van der Waals surface area contributed by atoms with Crippen molar-refractivity contribution in [2.24, 2.45) is 0 Å². The normalized spacial score (nSPS) is 10.5. The lowest BCUT2D eigenvalue weighted by Gasteiger charge is -2.09. The number of anilines is 1. The van der Waals surface area contributed by atoms with Crippen LogP contribution in [0, 0.1) is 0 Å². The maximum Gasteiger partial charge on any atom is 0.226 e. The van der Waals surface area contributed by atoms with Gasteiger partial charge in [0.2, 0.25) is 11.8 Å². The minimum Gasteiger partial charge on any atom is -0.475 e. The van der Waals surface area contributed by atoms with Gasteiger partial charge in [0.1, 0.15) is 0 Å². The van der Waals surface area contributed by atoms with Crippen LogP contribution in [-0.4, -0.2) is 16.1 Å². The molecule has 0 fully saturated rings. The van der Waals surface area contributed by atoms with Crippen LogP contribution in [-0.2, 0) is 6.54 Å². The third-order valence-corrected chi connectivity index (χ3v) is 2.75. The Labute approximate surface area is 105 Å². The van der Waals surface area contributed by atoms with Gasteiger partial charge in [0.25, 0.3) is 0 Å². The summed E-state index contributed by atoms with van der Waals surface area (Å²) in [5.41, 5.74) is 1.23. The average molecular weight is 249 g/mol. The molecule has 4 nitrogen and oxygen atoms in total. The fourth-order valence-electron chi connectivity index (χ4n) is 1.31. The number of thiophene rings is 1. The van der Waals surface area contributed by atoms with Crippen molar-refractivity contribution < 1.29 is 4.74 Å². The summed E-state index contributed by atoms with van der Waals surface area (Å²) in [6, 6.07) is 3.84. The fraction of sp³-hybridized carbons (Fsp3) is 0.333. The first-order chi connectivity index (χ1) is 8.24. The summed E-state index contributed by atoms with van der Waals surface area (Å²) in [5, 5.41) is 7.32. The van der Waals surface area contributed by atoms with E-state index in [1.54, 1.807) is 23.6 Å². The summed E-state index contributed by atoms with van der Waals surface area (Å²) >= 11 is 1.68. The van der Waals surface area contributed by atoms with Crippen molar-refractivity contribution >= 4 is 17.3 Å². The van der Waals surface area contributed by atoms with Gasteiger partial charge in [-0.3, -0.25) is 0 Å². The van der Waals surface area contributed by atoms with Gasteiger partial charge in [-0.05, 0) is 36.2 Å². The molecule has 2 aromatic rings. The third-order valence-electron chi connectivity index (χ3n) is 2.02. The minimum absolute atomic E-state index is 0.120. The highest BCUT2D eigenvalue weighted by atomic mass is 32.1. The Hall–Kier alpha value is -1.62. The number of rotatable bonds is 5. The van der Waals surface area contributed by atoms with E-state index < -0.39 is 0 Å². The van der Waals surface area contributed by atoms with Crippen LogP contribution >= 0.6 is 11.3 Å². The largest absolute Gasteiger partial charge is 0.475 e. The minimum atomic E-state index is 0.120. The van der Waals surface area contributed by atoms with Gasteiger partial charge in [-0.2, -0.15) is 16.3 Å². The van der Waals surface area contributed by atoms with Crippen molar-refractivity contribution in [2.45, 2.75) is 26.5 Å². The van der Waals surface area contributed by atoms with Crippen LogP contribution in [0.3, 0.4) is 0 Å². The predicted molar refractivity (Wildman–Crippen MR) is 69.4 cm³/mol. The summed E-state index contributed by atoms with van der Waals surface area (Å²) in [4.78, 5) is 8.42. The summed E-state index contributed by atoms with van der Waals surface area (Å²) in [7, 11) is 0. The molecule has 0 atom stereocenters. The van der Waals surface area contributed by atoms with E-state index >= 15 is 0 Å². The molecule has 0 amide bonds. The first kappa shape index (κ1) is 11.9. The molecule has 0 saturated heterocycles. The third kappa shape index (κ3) is 3.71. The van der Waals surface area contributed by atoms with Crippen LogP contribution in [0.25, 0.3) is 0 Å². The lowest BCUT2D eigenvalue weighted by Crippen LogP contribution is -2.09. The Morgan fingerprint density at radius 3 is 3.00 bits per heavy atom. The molecule has 0 radical (unpaired) electrons. The quantitative estimate of drug-likeness (QED) is 0.885. The van der Waals surface area contributed by atoms with Gasteiger partial charge in [-0.15, -0.1) is 0 Å².